The van der Waals surface area contributed by atoms with Gasteiger partial charge in [-0.25, -0.2) is 0 Å². The molecule has 0 spiro atoms. The highest BCUT2D eigenvalue weighted by molar-refractivity contribution is 5.77. The summed E-state index contributed by atoms with van der Waals surface area (Å²) in [6, 6.07) is 15.8. The standard InChI is InChI=1S/C28H33N5.CH4/c1-2-8-23-22(5-1)19-25-24(23)10-12-30-26(25)20-33(18-17-32-15-13-29-14-16-32)27-9-3-6-21-7-4-11-31-28(21)27;/h1-2,4-5,7-8,10-12,27,29H,3,6,9,13-20H2;1H4. The number of aryl methyl sites for hydroxylation is 1. The minimum Gasteiger partial charge on any atom is -0.314 e. The van der Waals surface area contributed by atoms with Crippen LogP contribution in [0.4, 0.5) is 0 Å². The molecule has 1 fully saturated rings. The van der Waals surface area contributed by atoms with Gasteiger partial charge in [0.25, 0.3) is 0 Å². The van der Waals surface area contributed by atoms with E-state index in [0.29, 0.717) is 6.04 Å². The molecular weight excluding hydrogens is 418 g/mol. The van der Waals surface area contributed by atoms with E-state index in [0.717, 1.165) is 58.7 Å². The number of nitrogens with one attached hydrogen (secondary N) is 1. The van der Waals surface area contributed by atoms with Crippen LogP contribution in [0.3, 0.4) is 0 Å². The minimum atomic E-state index is 0. The smallest absolute Gasteiger partial charge is 0.0607 e. The van der Waals surface area contributed by atoms with E-state index in [1.54, 1.807) is 0 Å². The first-order valence-electron chi connectivity index (χ1n) is 12.5. The number of aromatic nitrogens is 2. The molecule has 3 aliphatic rings. The molecule has 1 saturated heterocycles. The lowest BCUT2D eigenvalue weighted by atomic mass is 9.90. The summed E-state index contributed by atoms with van der Waals surface area (Å²) in [5, 5.41) is 3.48. The third kappa shape index (κ3) is 4.52. The van der Waals surface area contributed by atoms with Crippen LogP contribution in [0.2, 0.25) is 0 Å². The van der Waals surface area contributed by atoms with Gasteiger partial charge in [-0.3, -0.25) is 19.8 Å². The summed E-state index contributed by atoms with van der Waals surface area (Å²) < 4.78 is 0. The summed E-state index contributed by atoms with van der Waals surface area (Å²) in [6.07, 6.45) is 8.55. The molecule has 1 aliphatic heterocycles. The topological polar surface area (TPSA) is 44.3 Å². The van der Waals surface area contributed by atoms with Crippen LogP contribution in [-0.4, -0.2) is 59.0 Å². The van der Waals surface area contributed by atoms with Crippen LogP contribution in [-0.2, 0) is 19.4 Å². The molecule has 1 N–H and O–H groups in total. The lowest BCUT2D eigenvalue weighted by molar-refractivity contribution is 0.130. The summed E-state index contributed by atoms with van der Waals surface area (Å²) in [5.41, 5.74) is 9.57. The Morgan fingerprint density at radius 2 is 1.79 bits per heavy atom. The van der Waals surface area contributed by atoms with Crippen LogP contribution < -0.4 is 5.32 Å². The molecule has 0 radical (unpaired) electrons. The molecule has 6 rings (SSSR count). The Kier molecular flexibility index (Phi) is 7.05. The highest BCUT2D eigenvalue weighted by Gasteiger charge is 2.30. The lowest BCUT2D eigenvalue weighted by Crippen LogP contribution is -2.47. The van der Waals surface area contributed by atoms with Crippen molar-refractivity contribution in [2.24, 2.45) is 0 Å². The van der Waals surface area contributed by atoms with Crippen LogP contribution >= 0.6 is 0 Å². The monoisotopic (exact) mass is 455 g/mol. The molecule has 2 aliphatic carbocycles. The second kappa shape index (κ2) is 10.3. The first-order valence-corrected chi connectivity index (χ1v) is 12.5. The van der Waals surface area contributed by atoms with Crippen LogP contribution in [0.15, 0.2) is 54.9 Å². The van der Waals surface area contributed by atoms with Crippen molar-refractivity contribution in [1.82, 2.24) is 25.1 Å². The maximum atomic E-state index is 4.93. The van der Waals surface area contributed by atoms with Gasteiger partial charge in [-0.2, -0.15) is 0 Å². The van der Waals surface area contributed by atoms with Gasteiger partial charge in [-0.1, -0.05) is 37.8 Å². The van der Waals surface area contributed by atoms with E-state index in [1.165, 1.54) is 52.0 Å². The van der Waals surface area contributed by atoms with E-state index >= 15 is 0 Å². The van der Waals surface area contributed by atoms with Crippen LogP contribution in [0.5, 0.6) is 0 Å². The molecule has 0 saturated carbocycles. The van der Waals surface area contributed by atoms with Gasteiger partial charge in [0, 0.05) is 64.6 Å². The largest absolute Gasteiger partial charge is 0.314 e. The van der Waals surface area contributed by atoms with E-state index < -0.39 is 0 Å². The molecular formula is C29H37N5. The molecule has 178 valence electrons. The Bertz CT molecular complexity index is 1120. The summed E-state index contributed by atoms with van der Waals surface area (Å²) >= 11 is 0. The lowest BCUT2D eigenvalue weighted by Gasteiger charge is -2.37. The summed E-state index contributed by atoms with van der Waals surface area (Å²) in [6.45, 7) is 7.53. The highest BCUT2D eigenvalue weighted by Crippen LogP contribution is 2.39. The number of hydrogen-bond donors (Lipinski definition) is 1. The fourth-order valence-corrected chi connectivity index (χ4v) is 5.93. The quantitative estimate of drug-likeness (QED) is 0.465. The third-order valence-corrected chi connectivity index (χ3v) is 7.69. The van der Waals surface area contributed by atoms with E-state index in [1.807, 2.05) is 12.4 Å². The van der Waals surface area contributed by atoms with E-state index in [9.17, 15) is 0 Å². The first-order chi connectivity index (χ1) is 16.4. The van der Waals surface area contributed by atoms with Gasteiger partial charge in [0.2, 0.25) is 0 Å². The van der Waals surface area contributed by atoms with Crippen molar-refractivity contribution in [1.29, 1.82) is 0 Å². The van der Waals surface area contributed by atoms with Gasteiger partial charge in [0.05, 0.1) is 17.4 Å². The molecule has 34 heavy (non-hydrogen) atoms. The second-order valence-electron chi connectivity index (χ2n) is 9.64. The van der Waals surface area contributed by atoms with Crippen molar-refractivity contribution >= 4 is 0 Å². The summed E-state index contributed by atoms with van der Waals surface area (Å²) in [5.74, 6) is 0. The molecule has 3 heterocycles. The van der Waals surface area contributed by atoms with Crippen molar-refractivity contribution in [3.05, 3.63) is 82.9 Å². The van der Waals surface area contributed by atoms with Gasteiger partial charge in [0.15, 0.2) is 0 Å². The normalized spacial score (nSPS) is 19.3. The predicted molar refractivity (Wildman–Crippen MR) is 139 cm³/mol. The van der Waals surface area contributed by atoms with Crippen molar-refractivity contribution in [3.8, 4) is 11.1 Å². The molecule has 0 bridgehead atoms. The number of hydrogen-bond acceptors (Lipinski definition) is 5. The maximum absolute atomic E-state index is 4.93. The molecule has 0 amide bonds. The SMILES string of the molecule is C.c1ccc2c(c1)Cc1c-2ccnc1CN(CCN1CCNCC1)C1CCCc2cccnc21. The maximum Gasteiger partial charge on any atom is 0.0607 e. The van der Waals surface area contributed by atoms with Crippen molar-refractivity contribution in [2.75, 3.05) is 39.3 Å². The molecule has 1 unspecified atom stereocenters. The van der Waals surface area contributed by atoms with Gasteiger partial charge in [0.1, 0.15) is 0 Å². The molecule has 2 aromatic heterocycles. The number of nitrogens with zero attached hydrogens (tertiary/aromatic N) is 4. The number of fused-ring (bicyclic) bond motifs is 4. The van der Waals surface area contributed by atoms with Gasteiger partial charge >= 0.3 is 0 Å². The zero-order chi connectivity index (χ0) is 22.0. The Labute approximate surface area is 204 Å². The summed E-state index contributed by atoms with van der Waals surface area (Å²) in [7, 11) is 0. The predicted octanol–water partition coefficient (Wildman–Crippen LogP) is 4.47. The Balaban J connectivity index is 0.00000241. The highest BCUT2D eigenvalue weighted by atomic mass is 15.2. The van der Waals surface area contributed by atoms with Gasteiger partial charge in [-0.05, 0) is 59.2 Å². The number of benzene rings is 1. The average Bonchev–Trinajstić information content (AvgIpc) is 3.26. The van der Waals surface area contributed by atoms with Crippen LogP contribution in [0.25, 0.3) is 11.1 Å². The minimum absolute atomic E-state index is 0. The Morgan fingerprint density at radius 1 is 0.941 bits per heavy atom. The Hall–Kier alpha value is -2.60. The fourth-order valence-electron chi connectivity index (χ4n) is 5.93. The van der Waals surface area contributed by atoms with Crippen LogP contribution in [0.1, 0.15) is 54.4 Å². The fraction of sp³-hybridized carbons (Fsp3) is 0.448. The van der Waals surface area contributed by atoms with E-state index in [2.05, 4.69) is 57.6 Å². The molecule has 1 atom stereocenters. The number of piperazine rings is 1. The second-order valence-corrected chi connectivity index (χ2v) is 9.64. The van der Waals surface area contributed by atoms with Crippen molar-refractivity contribution in [2.45, 2.75) is 45.7 Å². The third-order valence-electron chi connectivity index (χ3n) is 7.69. The zero-order valence-electron chi connectivity index (χ0n) is 19.3. The van der Waals surface area contributed by atoms with E-state index in [4.69, 9.17) is 9.97 Å². The molecule has 5 heteroatoms. The Morgan fingerprint density at radius 3 is 2.71 bits per heavy atom. The molecule has 3 aromatic rings. The molecule has 5 nitrogen and oxygen atoms in total. The van der Waals surface area contributed by atoms with Crippen LogP contribution in [0, 0.1) is 0 Å². The van der Waals surface area contributed by atoms with Crippen molar-refractivity contribution < 1.29 is 0 Å². The number of pyridine rings is 2. The first kappa shape index (κ1) is 23.2. The average molecular weight is 456 g/mol. The van der Waals surface area contributed by atoms with E-state index in [-0.39, 0.29) is 7.43 Å². The zero-order valence-corrected chi connectivity index (χ0v) is 19.3. The summed E-state index contributed by atoms with van der Waals surface area (Å²) in [4.78, 5) is 15.1. The van der Waals surface area contributed by atoms with Gasteiger partial charge < -0.3 is 5.32 Å². The van der Waals surface area contributed by atoms with Crippen molar-refractivity contribution in [3.63, 3.8) is 0 Å². The number of rotatable bonds is 6. The molecule has 1 aromatic carbocycles. The van der Waals surface area contributed by atoms with Gasteiger partial charge in [-0.15, -0.1) is 0 Å².